The van der Waals surface area contributed by atoms with Gasteiger partial charge in [0.25, 0.3) is 0 Å². The van der Waals surface area contributed by atoms with Gasteiger partial charge in [-0.05, 0) is 79.2 Å². The van der Waals surface area contributed by atoms with Crippen LogP contribution in [0.1, 0.15) is 73.1 Å². The number of rotatable bonds is 13. The number of aromatic nitrogens is 2. The minimum Gasteiger partial charge on any atom is -0.278 e. The Hall–Kier alpha value is -2.82. The number of fused-ring (bicyclic) bond motifs is 1. The summed E-state index contributed by atoms with van der Waals surface area (Å²) in [6.07, 6.45) is 17.6. The molecular weight excluding hydrogens is 410 g/mol. The summed E-state index contributed by atoms with van der Waals surface area (Å²) in [5.74, 6) is 1.46. The lowest BCUT2D eigenvalue weighted by Gasteiger charge is -2.03. The predicted octanol–water partition coefficient (Wildman–Crippen LogP) is 6.70. The maximum atomic E-state index is 5.06. The fourth-order valence-electron chi connectivity index (χ4n) is 3.68. The normalized spacial score (nSPS) is 14.1. The summed E-state index contributed by atoms with van der Waals surface area (Å²) in [5.41, 5.74) is 9.46. The van der Waals surface area contributed by atoms with Crippen LogP contribution in [0.25, 0.3) is 0 Å². The van der Waals surface area contributed by atoms with Crippen molar-refractivity contribution >= 4 is 23.3 Å². The zero-order valence-corrected chi connectivity index (χ0v) is 21.5. The number of hydrogen-bond donors (Lipinski definition) is 1. The van der Waals surface area contributed by atoms with Crippen molar-refractivity contribution in [1.29, 1.82) is 0 Å². The highest BCUT2D eigenvalue weighted by atomic mass is 16.6. The van der Waals surface area contributed by atoms with Crippen LogP contribution in [0.3, 0.4) is 0 Å². The van der Waals surface area contributed by atoms with E-state index in [1.165, 1.54) is 35.0 Å². The molecule has 0 bridgehead atoms. The van der Waals surface area contributed by atoms with Crippen molar-refractivity contribution in [3.63, 3.8) is 0 Å². The quantitative estimate of drug-likeness (QED) is 0.206. The topological polar surface area (TPSA) is 53.1 Å². The Labute approximate surface area is 199 Å². The second-order valence-corrected chi connectivity index (χ2v) is 9.02. The van der Waals surface area contributed by atoms with Gasteiger partial charge in [0.05, 0.1) is 7.11 Å². The van der Waals surface area contributed by atoms with Crippen molar-refractivity contribution in [3.8, 4) is 0 Å². The zero-order chi connectivity index (χ0) is 24.2. The third kappa shape index (κ3) is 8.91. The van der Waals surface area contributed by atoms with Gasteiger partial charge in [-0.25, -0.2) is 10.5 Å². The van der Waals surface area contributed by atoms with E-state index in [-0.39, 0.29) is 0 Å². The molecule has 178 valence electrons. The SMILES string of the molecule is CONc1ncnc2c1[N+](C/C=C(\C)CC/C=C(\C)CC/C=C(\C)CCC=C(C)C)=C=[N+]2C. The summed E-state index contributed by atoms with van der Waals surface area (Å²) < 4.78 is 3.90. The molecule has 0 aliphatic carbocycles. The van der Waals surface area contributed by atoms with E-state index < -0.39 is 0 Å². The Morgan fingerprint density at radius 2 is 1.48 bits per heavy atom. The first-order chi connectivity index (χ1) is 15.8. The van der Waals surface area contributed by atoms with E-state index in [0.717, 1.165) is 43.6 Å². The maximum absolute atomic E-state index is 5.06. The fourth-order valence-corrected chi connectivity index (χ4v) is 3.68. The van der Waals surface area contributed by atoms with Crippen LogP contribution in [-0.2, 0) is 4.84 Å². The van der Waals surface area contributed by atoms with Gasteiger partial charge < -0.3 is 0 Å². The molecule has 0 amide bonds. The van der Waals surface area contributed by atoms with Crippen molar-refractivity contribution in [2.45, 2.75) is 73.1 Å². The summed E-state index contributed by atoms with van der Waals surface area (Å²) in [6, 6.07) is 3.30. The largest absolute Gasteiger partial charge is 0.491 e. The van der Waals surface area contributed by atoms with E-state index in [1.54, 1.807) is 7.11 Å². The fraction of sp³-hybridized carbons (Fsp3) is 0.519. The molecule has 2 heterocycles. The second kappa shape index (κ2) is 13.7. The molecule has 2 rings (SSSR count). The molecule has 6 heteroatoms. The molecule has 1 aliphatic heterocycles. The van der Waals surface area contributed by atoms with E-state index in [9.17, 15) is 0 Å². The first-order valence-electron chi connectivity index (χ1n) is 11.8. The summed E-state index contributed by atoms with van der Waals surface area (Å²) in [4.78, 5) is 13.7. The lowest BCUT2D eigenvalue weighted by molar-refractivity contribution is -0.446. The molecule has 0 spiro atoms. The van der Waals surface area contributed by atoms with Gasteiger partial charge >= 0.3 is 17.5 Å². The number of hydrogen-bond acceptors (Lipinski definition) is 4. The van der Waals surface area contributed by atoms with E-state index >= 15 is 0 Å². The first-order valence-corrected chi connectivity index (χ1v) is 11.8. The molecule has 0 saturated heterocycles. The van der Waals surface area contributed by atoms with Crippen LogP contribution in [-0.4, -0.2) is 45.8 Å². The lowest BCUT2D eigenvalue weighted by Crippen LogP contribution is -2.08. The van der Waals surface area contributed by atoms with E-state index in [4.69, 9.17) is 4.84 Å². The Kier molecular flexibility index (Phi) is 10.9. The minimum absolute atomic E-state index is 0.644. The molecule has 0 atom stereocenters. The average molecular weight is 452 g/mol. The first kappa shape index (κ1) is 26.4. The number of anilines is 1. The molecule has 0 fully saturated rings. The summed E-state index contributed by atoms with van der Waals surface area (Å²) in [5, 5.41) is 0. The van der Waals surface area contributed by atoms with Crippen LogP contribution in [0.4, 0.5) is 17.3 Å². The Morgan fingerprint density at radius 3 is 2.06 bits per heavy atom. The van der Waals surface area contributed by atoms with Crippen LogP contribution in [0, 0.1) is 0 Å². The molecule has 1 N–H and O–H groups in total. The molecule has 1 aromatic heterocycles. The molecule has 33 heavy (non-hydrogen) atoms. The van der Waals surface area contributed by atoms with Gasteiger partial charge in [0.2, 0.25) is 5.82 Å². The van der Waals surface area contributed by atoms with Gasteiger partial charge in [-0.2, -0.15) is 4.98 Å². The van der Waals surface area contributed by atoms with Crippen molar-refractivity contribution < 1.29 is 14.0 Å². The van der Waals surface area contributed by atoms with Crippen molar-refractivity contribution in [3.05, 3.63) is 52.9 Å². The minimum atomic E-state index is 0.644. The third-order valence-corrected chi connectivity index (χ3v) is 5.64. The molecule has 0 unspecified atom stereocenters. The summed E-state index contributed by atoms with van der Waals surface area (Å²) in [7, 11) is 3.51. The summed E-state index contributed by atoms with van der Waals surface area (Å²) >= 11 is 0. The van der Waals surface area contributed by atoms with Gasteiger partial charge in [0.15, 0.2) is 13.6 Å². The van der Waals surface area contributed by atoms with Gasteiger partial charge in [0.1, 0.15) is 6.33 Å². The lowest BCUT2D eigenvalue weighted by atomic mass is 10.0. The molecule has 1 aliphatic rings. The Morgan fingerprint density at radius 1 is 0.909 bits per heavy atom. The number of allylic oxidation sites excluding steroid dienone is 7. The van der Waals surface area contributed by atoms with Crippen molar-refractivity contribution in [2.24, 2.45) is 0 Å². The molecule has 0 radical (unpaired) electrons. The van der Waals surface area contributed by atoms with Crippen molar-refractivity contribution in [1.82, 2.24) is 9.97 Å². The van der Waals surface area contributed by atoms with Crippen LogP contribution in [0.5, 0.6) is 0 Å². The van der Waals surface area contributed by atoms with Gasteiger partial charge in [-0.1, -0.05) is 49.7 Å². The second-order valence-electron chi connectivity index (χ2n) is 9.02. The van der Waals surface area contributed by atoms with Crippen LogP contribution in [0.15, 0.2) is 52.9 Å². The maximum Gasteiger partial charge on any atom is 0.491 e. The van der Waals surface area contributed by atoms with Gasteiger partial charge in [-0.15, -0.1) is 0 Å². The standard InChI is InChI=1S/C27H41N5O/c1-21(2)11-8-12-22(3)13-9-14-23(4)15-10-16-24(5)17-18-32-20-31(6)27-25(32)26(30-33-7)28-19-29-27/h11,13,15,17,19H,8-10,12,14,16,18H2,1-7H3,(H,28,29,30)/q+2/b22-13+,23-15+,24-17+. The van der Waals surface area contributed by atoms with Crippen LogP contribution >= 0.6 is 0 Å². The van der Waals surface area contributed by atoms with Crippen LogP contribution < -0.4 is 5.48 Å². The monoisotopic (exact) mass is 451 g/mol. The molecule has 0 aromatic carbocycles. The van der Waals surface area contributed by atoms with E-state index in [2.05, 4.69) is 80.4 Å². The molecule has 1 aromatic rings. The molecule has 6 nitrogen and oxygen atoms in total. The van der Waals surface area contributed by atoms with Crippen molar-refractivity contribution in [2.75, 3.05) is 26.2 Å². The Balaban J connectivity index is 1.82. The molecular formula is C27H41N5O+2. The summed E-state index contributed by atoms with van der Waals surface area (Å²) in [6.45, 7) is 11.7. The highest BCUT2D eigenvalue weighted by Gasteiger charge is 2.36. The predicted molar refractivity (Wildman–Crippen MR) is 137 cm³/mol. The smallest absolute Gasteiger partial charge is 0.278 e. The Bertz CT molecular complexity index is 1000. The van der Waals surface area contributed by atoms with Gasteiger partial charge in [0, 0.05) is 0 Å². The van der Waals surface area contributed by atoms with E-state index in [1.807, 2.05) is 16.2 Å². The highest BCUT2D eigenvalue weighted by Crippen LogP contribution is 2.32. The zero-order valence-electron chi connectivity index (χ0n) is 21.5. The average Bonchev–Trinajstić information content (AvgIpc) is 3.09. The number of nitrogens with one attached hydrogen (secondary N) is 1. The molecule has 0 saturated carbocycles. The van der Waals surface area contributed by atoms with Gasteiger partial charge in [-0.3, -0.25) is 4.84 Å². The number of nitrogens with zero attached hydrogens (tertiary/aromatic N) is 4. The van der Waals surface area contributed by atoms with E-state index in [0.29, 0.717) is 12.4 Å². The highest BCUT2D eigenvalue weighted by molar-refractivity contribution is 5.67. The van der Waals surface area contributed by atoms with Crippen LogP contribution in [0.2, 0.25) is 0 Å². The third-order valence-electron chi connectivity index (χ3n) is 5.64.